The van der Waals surface area contributed by atoms with Gasteiger partial charge in [0.2, 0.25) is 0 Å². The van der Waals surface area contributed by atoms with Crippen molar-refractivity contribution in [2.75, 3.05) is 11.9 Å². The Morgan fingerprint density at radius 1 is 0.923 bits per heavy atom. The van der Waals surface area contributed by atoms with Crippen LogP contribution in [-0.2, 0) is 6.54 Å². The maximum Gasteiger partial charge on any atom is 0.184 e. The predicted molar refractivity (Wildman–Crippen MR) is 103 cm³/mol. The molecule has 0 spiro atoms. The number of nitrogens with one attached hydrogen (secondary N) is 1. The number of fused-ring (bicyclic) bond motifs is 1. The number of aromatic nitrogens is 5. The summed E-state index contributed by atoms with van der Waals surface area (Å²) in [6.45, 7) is 3.57. The first kappa shape index (κ1) is 16.2. The van der Waals surface area contributed by atoms with Crippen LogP contribution in [0.2, 0.25) is 0 Å². The van der Waals surface area contributed by atoms with E-state index in [4.69, 9.17) is 9.97 Å². The Bertz CT molecular complexity index is 995. The van der Waals surface area contributed by atoms with E-state index in [1.807, 2.05) is 53.2 Å². The normalized spacial score (nSPS) is 11.0. The van der Waals surface area contributed by atoms with Gasteiger partial charge in [0, 0.05) is 12.1 Å². The molecular weight excluding hydrogens is 324 g/mol. The van der Waals surface area contributed by atoms with Crippen LogP contribution in [0.3, 0.4) is 0 Å². The zero-order valence-electron chi connectivity index (χ0n) is 14.6. The highest BCUT2D eigenvalue weighted by atomic mass is 15.4. The largest absolute Gasteiger partial charge is 0.368 e. The fourth-order valence-electron chi connectivity index (χ4n) is 2.80. The van der Waals surface area contributed by atoms with Crippen LogP contribution in [0.5, 0.6) is 0 Å². The molecule has 0 saturated carbocycles. The van der Waals surface area contributed by atoms with E-state index >= 15 is 0 Å². The lowest BCUT2D eigenvalue weighted by atomic mass is 10.2. The molecule has 0 radical (unpaired) electrons. The van der Waals surface area contributed by atoms with Crippen LogP contribution < -0.4 is 5.32 Å². The van der Waals surface area contributed by atoms with Gasteiger partial charge in [-0.1, -0.05) is 72.8 Å². The summed E-state index contributed by atoms with van der Waals surface area (Å²) < 4.78 is 1.83. The Labute approximate surface area is 151 Å². The Balaban J connectivity index is 1.82. The first-order valence-corrected chi connectivity index (χ1v) is 8.79. The van der Waals surface area contributed by atoms with Gasteiger partial charge >= 0.3 is 0 Å². The van der Waals surface area contributed by atoms with Gasteiger partial charge in [0.1, 0.15) is 0 Å². The Morgan fingerprint density at radius 3 is 2.38 bits per heavy atom. The Kier molecular flexibility index (Phi) is 4.55. The number of hydrogen-bond acceptors (Lipinski definition) is 5. The minimum absolute atomic E-state index is 0.621. The number of benzene rings is 2. The summed E-state index contributed by atoms with van der Waals surface area (Å²) in [6, 6.07) is 20.2. The zero-order chi connectivity index (χ0) is 17.8. The fourth-order valence-corrected chi connectivity index (χ4v) is 2.80. The first-order chi connectivity index (χ1) is 12.8. The quantitative estimate of drug-likeness (QED) is 0.577. The zero-order valence-corrected chi connectivity index (χ0v) is 14.6. The number of anilines is 1. The molecule has 26 heavy (non-hydrogen) atoms. The molecular formula is C20H20N6. The Hall–Kier alpha value is -3.28. The van der Waals surface area contributed by atoms with Gasteiger partial charge < -0.3 is 5.32 Å². The van der Waals surface area contributed by atoms with Crippen LogP contribution >= 0.6 is 0 Å². The third-order valence-corrected chi connectivity index (χ3v) is 4.11. The Morgan fingerprint density at radius 2 is 1.65 bits per heavy atom. The monoisotopic (exact) mass is 344 g/mol. The summed E-state index contributed by atoms with van der Waals surface area (Å²) in [5.74, 6) is 1.41. The maximum atomic E-state index is 4.76. The minimum atomic E-state index is 0.621. The average Bonchev–Trinajstić information content (AvgIpc) is 3.10. The molecule has 2 aromatic heterocycles. The van der Waals surface area contributed by atoms with E-state index in [9.17, 15) is 0 Å². The molecule has 0 unspecified atom stereocenters. The lowest BCUT2D eigenvalue weighted by Crippen LogP contribution is -2.07. The highest BCUT2D eigenvalue weighted by Gasteiger charge is 2.15. The molecule has 0 fully saturated rings. The van der Waals surface area contributed by atoms with Crippen molar-refractivity contribution in [1.82, 2.24) is 25.0 Å². The van der Waals surface area contributed by atoms with Crippen molar-refractivity contribution in [2.45, 2.75) is 19.9 Å². The van der Waals surface area contributed by atoms with E-state index in [1.54, 1.807) is 0 Å². The second-order valence-corrected chi connectivity index (χ2v) is 6.09. The second-order valence-electron chi connectivity index (χ2n) is 6.09. The van der Waals surface area contributed by atoms with Gasteiger partial charge in [-0.25, -0.2) is 14.6 Å². The van der Waals surface area contributed by atoms with E-state index in [2.05, 4.69) is 34.7 Å². The van der Waals surface area contributed by atoms with Crippen molar-refractivity contribution in [3.63, 3.8) is 0 Å². The van der Waals surface area contributed by atoms with Crippen LogP contribution in [0.25, 0.3) is 22.6 Å². The van der Waals surface area contributed by atoms with Gasteiger partial charge in [-0.3, -0.25) is 0 Å². The van der Waals surface area contributed by atoms with Crippen LogP contribution in [0.15, 0.2) is 60.7 Å². The lowest BCUT2D eigenvalue weighted by Gasteiger charge is -2.08. The standard InChI is InChI=1S/C20H20N6/c1-2-13-21-19-17-20(23-18(22-19)16-11-7-4-8-12-16)26(25-24-17)14-15-9-5-3-6-10-15/h3-12H,2,13-14H2,1H3,(H,21,22,23). The molecule has 4 rings (SSSR count). The van der Waals surface area contributed by atoms with Crippen molar-refractivity contribution < 1.29 is 0 Å². The number of rotatable bonds is 6. The first-order valence-electron chi connectivity index (χ1n) is 8.79. The smallest absolute Gasteiger partial charge is 0.184 e. The van der Waals surface area contributed by atoms with Gasteiger partial charge in [0.15, 0.2) is 22.8 Å². The van der Waals surface area contributed by atoms with E-state index in [1.165, 1.54) is 0 Å². The van der Waals surface area contributed by atoms with Gasteiger partial charge in [-0.2, -0.15) is 0 Å². The molecule has 0 saturated heterocycles. The van der Waals surface area contributed by atoms with Crippen molar-refractivity contribution in [3.05, 3.63) is 66.2 Å². The lowest BCUT2D eigenvalue weighted by molar-refractivity contribution is 0.664. The molecule has 2 aromatic carbocycles. The SMILES string of the molecule is CCCNc1nc(-c2ccccc2)nc2c1nnn2Cc1ccccc1. The summed E-state index contributed by atoms with van der Waals surface area (Å²) in [5, 5.41) is 12.0. The molecule has 130 valence electrons. The summed E-state index contributed by atoms with van der Waals surface area (Å²) in [4.78, 5) is 9.45. The molecule has 6 nitrogen and oxygen atoms in total. The minimum Gasteiger partial charge on any atom is -0.368 e. The average molecular weight is 344 g/mol. The van der Waals surface area contributed by atoms with Gasteiger partial charge in [0.25, 0.3) is 0 Å². The molecule has 0 aliphatic heterocycles. The molecule has 6 heteroatoms. The van der Waals surface area contributed by atoms with E-state index in [0.717, 1.165) is 35.6 Å². The van der Waals surface area contributed by atoms with Gasteiger partial charge in [-0.05, 0) is 12.0 Å². The van der Waals surface area contributed by atoms with Gasteiger partial charge in [-0.15, -0.1) is 5.10 Å². The predicted octanol–water partition coefficient (Wildman–Crippen LogP) is 3.76. The van der Waals surface area contributed by atoms with Gasteiger partial charge in [0.05, 0.1) is 6.54 Å². The number of nitrogens with zero attached hydrogens (tertiary/aromatic N) is 5. The highest BCUT2D eigenvalue weighted by Crippen LogP contribution is 2.23. The fraction of sp³-hybridized carbons (Fsp3) is 0.200. The topological polar surface area (TPSA) is 68.5 Å². The van der Waals surface area contributed by atoms with Crippen molar-refractivity contribution in [1.29, 1.82) is 0 Å². The molecule has 4 aromatic rings. The van der Waals surface area contributed by atoms with Crippen molar-refractivity contribution in [3.8, 4) is 11.4 Å². The van der Waals surface area contributed by atoms with Crippen LogP contribution in [0.1, 0.15) is 18.9 Å². The number of hydrogen-bond donors (Lipinski definition) is 1. The molecule has 0 atom stereocenters. The molecule has 0 amide bonds. The van der Waals surface area contributed by atoms with E-state index < -0.39 is 0 Å². The summed E-state index contributed by atoms with van der Waals surface area (Å²) in [7, 11) is 0. The van der Waals surface area contributed by atoms with Crippen molar-refractivity contribution >= 4 is 17.0 Å². The van der Waals surface area contributed by atoms with Crippen LogP contribution in [-0.4, -0.2) is 31.5 Å². The second kappa shape index (κ2) is 7.31. The molecule has 2 heterocycles. The third kappa shape index (κ3) is 3.26. The molecule has 1 N–H and O–H groups in total. The third-order valence-electron chi connectivity index (χ3n) is 4.11. The molecule has 0 aliphatic rings. The molecule has 0 bridgehead atoms. The van der Waals surface area contributed by atoms with Crippen LogP contribution in [0, 0.1) is 0 Å². The highest BCUT2D eigenvalue weighted by molar-refractivity contribution is 5.84. The van der Waals surface area contributed by atoms with E-state index in [-0.39, 0.29) is 0 Å². The van der Waals surface area contributed by atoms with Crippen molar-refractivity contribution in [2.24, 2.45) is 0 Å². The van der Waals surface area contributed by atoms with Crippen LogP contribution in [0.4, 0.5) is 5.82 Å². The summed E-state index contributed by atoms with van der Waals surface area (Å²) in [5.41, 5.74) is 3.57. The summed E-state index contributed by atoms with van der Waals surface area (Å²) in [6.07, 6.45) is 1.00. The maximum absolute atomic E-state index is 4.76. The summed E-state index contributed by atoms with van der Waals surface area (Å²) >= 11 is 0. The molecule has 0 aliphatic carbocycles. The van der Waals surface area contributed by atoms with E-state index in [0.29, 0.717) is 17.9 Å².